The lowest BCUT2D eigenvalue weighted by Crippen LogP contribution is -2.41. The topological polar surface area (TPSA) is 68.2 Å². The highest BCUT2D eigenvalue weighted by atomic mass is 16.5. The summed E-state index contributed by atoms with van der Waals surface area (Å²) in [5.41, 5.74) is 1.12. The van der Waals surface area contributed by atoms with Gasteiger partial charge < -0.3 is 15.4 Å². The molecule has 2 rings (SSSR count). The molecule has 0 spiro atoms. The summed E-state index contributed by atoms with van der Waals surface area (Å²) in [5.74, 6) is 0.0471. The van der Waals surface area contributed by atoms with Crippen LogP contribution in [0.5, 0.6) is 0 Å². The minimum Gasteiger partial charge on any atom is -0.375 e. The van der Waals surface area contributed by atoms with E-state index in [1.54, 1.807) is 6.20 Å². The monoisotopic (exact) mass is 252 g/mol. The molecular formula is C12H20N4O2. The molecule has 0 aromatic carbocycles. The van der Waals surface area contributed by atoms with Crippen LogP contribution in [0.15, 0.2) is 12.3 Å². The predicted octanol–water partition coefficient (Wildman–Crippen LogP) is -0.543. The van der Waals surface area contributed by atoms with Gasteiger partial charge in [-0.3, -0.25) is 9.48 Å². The Morgan fingerprint density at radius 2 is 2.61 bits per heavy atom. The van der Waals surface area contributed by atoms with E-state index in [-0.39, 0.29) is 12.0 Å². The smallest absolute Gasteiger partial charge is 0.222 e. The molecule has 0 bridgehead atoms. The van der Waals surface area contributed by atoms with E-state index >= 15 is 0 Å². The molecule has 1 aromatic rings. The number of aryl methyl sites for hydroxylation is 1. The van der Waals surface area contributed by atoms with E-state index in [0.717, 1.165) is 25.2 Å². The zero-order valence-corrected chi connectivity index (χ0v) is 10.7. The first-order valence-corrected chi connectivity index (χ1v) is 6.31. The number of amides is 1. The number of hydrogen-bond donors (Lipinski definition) is 2. The highest BCUT2D eigenvalue weighted by Gasteiger charge is 2.16. The van der Waals surface area contributed by atoms with Crippen molar-refractivity contribution < 1.29 is 9.53 Å². The van der Waals surface area contributed by atoms with Gasteiger partial charge in [0.2, 0.25) is 5.91 Å². The molecule has 2 heterocycles. The van der Waals surface area contributed by atoms with Crippen LogP contribution >= 0.6 is 0 Å². The summed E-state index contributed by atoms with van der Waals surface area (Å²) in [5, 5.41) is 10.2. The van der Waals surface area contributed by atoms with Crippen LogP contribution in [0.4, 0.5) is 0 Å². The van der Waals surface area contributed by atoms with Gasteiger partial charge in [0.25, 0.3) is 0 Å². The van der Waals surface area contributed by atoms with Crippen LogP contribution in [-0.4, -0.2) is 48.0 Å². The third-order valence-electron chi connectivity index (χ3n) is 3.04. The molecule has 2 N–H and O–H groups in total. The maximum absolute atomic E-state index is 11.7. The second kappa shape index (κ2) is 6.51. The first-order valence-electron chi connectivity index (χ1n) is 6.31. The van der Waals surface area contributed by atoms with E-state index in [9.17, 15) is 4.79 Å². The van der Waals surface area contributed by atoms with E-state index in [1.165, 1.54) is 0 Å². The van der Waals surface area contributed by atoms with Gasteiger partial charge in [0.15, 0.2) is 0 Å². The van der Waals surface area contributed by atoms with Gasteiger partial charge in [-0.15, -0.1) is 0 Å². The summed E-state index contributed by atoms with van der Waals surface area (Å²) in [6.45, 7) is 2.96. The van der Waals surface area contributed by atoms with Gasteiger partial charge in [-0.2, -0.15) is 5.10 Å². The average molecular weight is 252 g/mol. The normalized spacial score (nSPS) is 19.7. The maximum Gasteiger partial charge on any atom is 0.222 e. The standard InChI is InChI=1S/C12H20N4O2/c1-16-10(3-5-15-16)2-4-14-12(17)8-11-9-13-6-7-18-11/h3,5,11,13H,2,4,6-9H2,1H3,(H,14,17). The van der Waals surface area contributed by atoms with E-state index < -0.39 is 0 Å². The SMILES string of the molecule is Cn1nccc1CCNC(=O)CC1CNCCO1. The molecule has 1 fully saturated rings. The van der Waals surface area contributed by atoms with Crippen molar-refractivity contribution in [1.82, 2.24) is 20.4 Å². The molecule has 1 aliphatic heterocycles. The van der Waals surface area contributed by atoms with Crippen molar-refractivity contribution in [3.05, 3.63) is 18.0 Å². The lowest BCUT2D eigenvalue weighted by atomic mass is 10.2. The van der Waals surface area contributed by atoms with Gasteiger partial charge in [0.05, 0.1) is 19.1 Å². The molecule has 0 radical (unpaired) electrons. The predicted molar refractivity (Wildman–Crippen MR) is 67.1 cm³/mol. The third kappa shape index (κ3) is 3.82. The van der Waals surface area contributed by atoms with Crippen LogP contribution in [0.25, 0.3) is 0 Å². The van der Waals surface area contributed by atoms with Gasteiger partial charge in [-0.1, -0.05) is 0 Å². The number of nitrogens with zero attached hydrogens (tertiary/aromatic N) is 2. The number of carbonyl (C=O) groups excluding carboxylic acids is 1. The van der Waals surface area contributed by atoms with Crippen LogP contribution in [-0.2, 0) is 23.0 Å². The minimum absolute atomic E-state index is 0.00968. The van der Waals surface area contributed by atoms with Gasteiger partial charge in [0.1, 0.15) is 0 Å². The van der Waals surface area contributed by atoms with E-state index in [2.05, 4.69) is 15.7 Å². The Kier molecular flexibility index (Phi) is 4.72. The van der Waals surface area contributed by atoms with Crippen LogP contribution in [0.1, 0.15) is 12.1 Å². The number of morpholine rings is 1. The summed E-state index contributed by atoms with van der Waals surface area (Å²) >= 11 is 0. The highest BCUT2D eigenvalue weighted by Crippen LogP contribution is 2.01. The van der Waals surface area contributed by atoms with E-state index in [0.29, 0.717) is 19.6 Å². The largest absolute Gasteiger partial charge is 0.375 e. The fourth-order valence-electron chi connectivity index (χ4n) is 2.01. The summed E-state index contributed by atoms with van der Waals surface area (Å²) < 4.78 is 7.30. The molecule has 0 aliphatic carbocycles. The molecule has 1 saturated heterocycles. The van der Waals surface area contributed by atoms with Crippen molar-refractivity contribution in [2.75, 3.05) is 26.2 Å². The van der Waals surface area contributed by atoms with Crippen LogP contribution < -0.4 is 10.6 Å². The Balaban J connectivity index is 1.64. The fourth-order valence-corrected chi connectivity index (χ4v) is 2.01. The fraction of sp³-hybridized carbons (Fsp3) is 0.667. The molecule has 6 nitrogen and oxygen atoms in total. The highest BCUT2D eigenvalue weighted by molar-refractivity contribution is 5.76. The number of nitrogens with one attached hydrogen (secondary N) is 2. The average Bonchev–Trinajstić information content (AvgIpc) is 2.76. The third-order valence-corrected chi connectivity index (χ3v) is 3.04. The molecule has 1 atom stereocenters. The van der Waals surface area contributed by atoms with Crippen molar-refractivity contribution in [1.29, 1.82) is 0 Å². The van der Waals surface area contributed by atoms with Crippen molar-refractivity contribution in [2.45, 2.75) is 18.9 Å². The Morgan fingerprint density at radius 3 is 3.28 bits per heavy atom. The molecule has 0 saturated carbocycles. The molecule has 1 amide bonds. The minimum atomic E-state index is 0.00968. The summed E-state index contributed by atoms with van der Waals surface area (Å²) in [4.78, 5) is 11.7. The van der Waals surface area contributed by atoms with Crippen LogP contribution in [0.2, 0.25) is 0 Å². The van der Waals surface area contributed by atoms with Gasteiger partial charge in [0, 0.05) is 45.0 Å². The molecule has 1 aromatic heterocycles. The maximum atomic E-state index is 11.7. The Hall–Kier alpha value is -1.40. The summed E-state index contributed by atoms with van der Waals surface area (Å²) in [6.07, 6.45) is 3.00. The first-order chi connectivity index (χ1) is 8.75. The Labute approximate surface area is 107 Å². The molecule has 1 aliphatic rings. The number of hydrogen-bond acceptors (Lipinski definition) is 4. The summed E-state index contributed by atoms with van der Waals surface area (Å²) in [6, 6.07) is 1.96. The summed E-state index contributed by atoms with van der Waals surface area (Å²) in [7, 11) is 1.90. The zero-order valence-electron chi connectivity index (χ0n) is 10.7. The molecule has 100 valence electrons. The number of rotatable bonds is 5. The second-order valence-electron chi connectivity index (χ2n) is 4.45. The molecular weight excluding hydrogens is 232 g/mol. The zero-order chi connectivity index (χ0) is 12.8. The van der Waals surface area contributed by atoms with E-state index in [4.69, 9.17) is 4.74 Å². The quantitative estimate of drug-likeness (QED) is 0.738. The van der Waals surface area contributed by atoms with Crippen molar-refractivity contribution in [2.24, 2.45) is 7.05 Å². The molecule has 18 heavy (non-hydrogen) atoms. The Bertz CT molecular complexity index is 385. The Morgan fingerprint density at radius 1 is 1.72 bits per heavy atom. The first kappa shape index (κ1) is 13.0. The second-order valence-corrected chi connectivity index (χ2v) is 4.45. The van der Waals surface area contributed by atoms with Gasteiger partial charge in [-0.05, 0) is 6.07 Å². The van der Waals surface area contributed by atoms with Crippen molar-refractivity contribution >= 4 is 5.91 Å². The van der Waals surface area contributed by atoms with Gasteiger partial charge >= 0.3 is 0 Å². The van der Waals surface area contributed by atoms with E-state index in [1.807, 2.05) is 17.8 Å². The lowest BCUT2D eigenvalue weighted by molar-refractivity contribution is -0.124. The van der Waals surface area contributed by atoms with Crippen LogP contribution in [0.3, 0.4) is 0 Å². The lowest BCUT2D eigenvalue weighted by Gasteiger charge is -2.23. The number of carbonyl (C=O) groups is 1. The van der Waals surface area contributed by atoms with Crippen molar-refractivity contribution in [3.8, 4) is 0 Å². The van der Waals surface area contributed by atoms with Crippen molar-refractivity contribution in [3.63, 3.8) is 0 Å². The molecule has 1 unspecified atom stereocenters. The molecule has 6 heteroatoms. The number of ether oxygens (including phenoxy) is 1. The van der Waals surface area contributed by atoms with Crippen LogP contribution in [0, 0.1) is 0 Å². The number of aromatic nitrogens is 2. The van der Waals surface area contributed by atoms with Gasteiger partial charge in [-0.25, -0.2) is 0 Å².